The van der Waals surface area contributed by atoms with Gasteiger partial charge in [-0.2, -0.15) is 0 Å². The van der Waals surface area contributed by atoms with Crippen LogP contribution in [-0.2, 0) is 0 Å². The highest BCUT2D eigenvalue weighted by Crippen LogP contribution is 2.24. The minimum absolute atomic E-state index is 0.0375. The molecule has 0 unspecified atom stereocenters. The van der Waals surface area contributed by atoms with E-state index in [1.165, 1.54) is 0 Å². The third kappa shape index (κ3) is 1.49. The lowest BCUT2D eigenvalue weighted by Gasteiger charge is -2.01. The number of hydrogen-bond acceptors (Lipinski definition) is 3. The highest BCUT2D eigenvalue weighted by atomic mass is 16.3. The molecule has 0 amide bonds. The van der Waals surface area contributed by atoms with E-state index in [1.54, 1.807) is 30.7 Å². The number of aromatic hydroxyl groups is 1. The summed E-state index contributed by atoms with van der Waals surface area (Å²) in [7, 11) is 0. The van der Waals surface area contributed by atoms with Crippen molar-refractivity contribution in [2.24, 2.45) is 0 Å². The lowest BCUT2D eigenvalue weighted by Crippen LogP contribution is -1.81. The molecule has 3 nitrogen and oxygen atoms in total. The van der Waals surface area contributed by atoms with Gasteiger partial charge in [0.1, 0.15) is 0 Å². The third-order valence-electron chi connectivity index (χ3n) is 1.76. The molecular formula is C10H8N2O. The maximum absolute atomic E-state index is 9.43. The van der Waals surface area contributed by atoms with Crippen LogP contribution < -0.4 is 0 Å². The number of aromatic nitrogens is 2. The Bertz CT molecular complexity index is 401. The number of nitrogens with zero attached hydrogens (tertiary/aromatic N) is 2. The van der Waals surface area contributed by atoms with Gasteiger partial charge in [0.2, 0.25) is 5.88 Å². The molecule has 2 heterocycles. The van der Waals surface area contributed by atoms with Crippen molar-refractivity contribution in [2.45, 2.75) is 0 Å². The monoisotopic (exact) mass is 172 g/mol. The fourth-order valence-electron chi connectivity index (χ4n) is 1.14. The lowest BCUT2D eigenvalue weighted by molar-refractivity contribution is 0.455. The van der Waals surface area contributed by atoms with Crippen LogP contribution in [0.5, 0.6) is 5.88 Å². The molecule has 64 valence electrons. The Morgan fingerprint density at radius 3 is 2.62 bits per heavy atom. The molecule has 0 saturated heterocycles. The average Bonchev–Trinajstić information content (AvgIpc) is 2.20. The molecule has 0 atom stereocenters. The van der Waals surface area contributed by atoms with Gasteiger partial charge in [-0.25, -0.2) is 4.98 Å². The van der Waals surface area contributed by atoms with Crippen molar-refractivity contribution in [3.8, 4) is 17.0 Å². The Morgan fingerprint density at radius 1 is 1.08 bits per heavy atom. The van der Waals surface area contributed by atoms with Gasteiger partial charge in [0.25, 0.3) is 0 Å². The topological polar surface area (TPSA) is 46.0 Å². The molecule has 2 aromatic rings. The highest BCUT2D eigenvalue weighted by Gasteiger charge is 2.02. The predicted molar refractivity (Wildman–Crippen MR) is 49.1 cm³/mol. The van der Waals surface area contributed by atoms with Crippen molar-refractivity contribution < 1.29 is 5.11 Å². The maximum Gasteiger partial charge on any atom is 0.218 e. The zero-order chi connectivity index (χ0) is 9.10. The quantitative estimate of drug-likeness (QED) is 0.714. The van der Waals surface area contributed by atoms with Crippen molar-refractivity contribution in [3.05, 3.63) is 42.9 Å². The molecule has 0 aliphatic carbocycles. The fourth-order valence-corrected chi connectivity index (χ4v) is 1.14. The number of hydrogen-bond donors (Lipinski definition) is 1. The molecule has 0 bridgehead atoms. The molecule has 0 radical (unpaired) electrons. The molecule has 3 heteroatoms. The Kier molecular flexibility index (Phi) is 1.92. The Labute approximate surface area is 75.7 Å². The van der Waals surface area contributed by atoms with E-state index in [-0.39, 0.29) is 5.88 Å². The van der Waals surface area contributed by atoms with Crippen LogP contribution in [0.25, 0.3) is 11.1 Å². The van der Waals surface area contributed by atoms with Gasteiger partial charge in [0, 0.05) is 29.7 Å². The van der Waals surface area contributed by atoms with E-state index >= 15 is 0 Å². The summed E-state index contributed by atoms with van der Waals surface area (Å²) in [4.78, 5) is 7.75. The smallest absolute Gasteiger partial charge is 0.218 e. The second-order valence-electron chi connectivity index (χ2n) is 2.62. The van der Waals surface area contributed by atoms with Crippen LogP contribution in [0.1, 0.15) is 0 Å². The average molecular weight is 172 g/mol. The van der Waals surface area contributed by atoms with Crippen molar-refractivity contribution in [3.63, 3.8) is 0 Å². The summed E-state index contributed by atoms with van der Waals surface area (Å²) >= 11 is 0. The van der Waals surface area contributed by atoms with E-state index in [0.717, 1.165) is 5.56 Å². The summed E-state index contributed by atoms with van der Waals surface area (Å²) in [6, 6.07) is 7.28. The maximum atomic E-state index is 9.43. The van der Waals surface area contributed by atoms with E-state index in [2.05, 4.69) is 9.97 Å². The Hall–Kier alpha value is -1.90. The second-order valence-corrected chi connectivity index (χ2v) is 2.62. The number of pyridine rings is 2. The molecule has 1 N–H and O–H groups in total. The minimum Gasteiger partial charge on any atom is -0.493 e. The highest BCUT2D eigenvalue weighted by molar-refractivity contribution is 5.66. The lowest BCUT2D eigenvalue weighted by atomic mass is 10.1. The largest absolute Gasteiger partial charge is 0.493 e. The standard InChI is InChI=1S/C10H8N2O/c13-10-9(4-2-6-12-10)8-3-1-5-11-7-8/h1-7H,(H,12,13). The van der Waals surface area contributed by atoms with Gasteiger partial charge in [-0.3, -0.25) is 4.98 Å². The van der Waals surface area contributed by atoms with E-state index < -0.39 is 0 Å². The van der Waals surface area contributed by atoms with E-state index in [4.69, 9.17) is 0 Å². The molecule has 0 spiro atoms. The summed E-state index contributed by atoms with van der Waals surface area (Å²) in [5, 5.41) is 9.43. The van der Waals surface area contributed by atoms with Crippen LogP contribution in [0.2, 0.25) is 0 Å². The van der Waals surface area contributed by atoms with Crippen molar-refractivity contribution in [2.75, 3.05) is 0 Å². The molecule has 0 aliphatic rings. The molecule has 2 aromatic heterocycles. The Morgan fingerprint density at radius 2 is 1.92 bits per heavy atom. The molecule has 2 rings (SSSR count). The zero-order valence-electron chi connectivity index (χ0n) is 6.88. The van der Waals surface area contributed by atoms with Crippen molar-refractivity contribution in [1.29, 1.82) is 0 Å². The van der Waals surface area contributed by atoms with Crippen LogP contribution in [0.15, 0.2) is 42.9 Å². The van der Waals surface area contributed by atoms with Crippen molar-refractivity contribution in [1.82, 2.24) is 9.97 Å². The van der Waals surface area contributed by atoms with Crippen LogP contribution in [0.3, 0.4) is 0 Å². The molecular weight excluding hydrogens is 164 g/mol. The first-order chi connectivity index (χ1) is 6.38. The second kappa shape index (κ2) is 3.23. The summed E-state index contributed by atoms with van der Waals surface area (Å²) in [5.74, 6) is 0.0375. The third-order valence-corrected chi connectivity index (χ3v) is 1.76. The normalized spacial score (nSPS) is 9.85. The Balaban J connectivity index is 2.54. The number of rotatable bonds is 1. The van der Waals surface area contributed by atoms with Gasteiger partial charge >= 0.3 is 0 Å². The minimum atomic E-state index is 0.0375. The van der Waals surface area contributed by atoms with Gasteiger partial charge in [-0.1, -0.05) is 6.07 Å². The van der Waals surface area contributed by atoms with Gasteiger partial charge in [-0.15, -0.1) is 0 Å². The van der Waals surface area contributed by atoms with Crippen LogP contribution in [0.4, 0.5) is 0 Å². The van der Waals surface area contributed by atoms with Crippen LogP contribution in [-0.4, -0.2) is 15.1 Å². The van der Waals surface area contributed by atoms with Gasteiger partial charge < -0.3 is 5.11 Å². The summed E-state index contributed by atoms with van der Waals surface area (Å²) in [5.41, 5.74) is 1.57. The zero-order valence-corrected chi connectivity index (χ0v) is 6.88. The van der Waals surface area contributed by atoms with Gasteiger partial charge in [-0.05, 0) is 18.2 Å². The molecule has 0 aliphatic heterocycles. The fraction of sp³-hybridized carbons (Fsp3) is 0. The summed E-state index contributed by atoms with van der Waals surface area (Å²) in [6.45, 7) is 0. The summed E-state index contributed by atoms with van der Waals surface area (Å²) < 4.78 is 0. The summed E-state index contributed by atoms with van der Waals surface area (Å²) in [6.07, 6.45) is 4.93. The SMILES string of the molecule is Oc1ncccc1-c1cccnc1. The van der Waals surface area contributed by atoms with Gasteiger partial charge in [0.15, 0.2) is 0 Å². The van der Waals surface area contributed by atoms with E-state index in [9.17, 15) is 5.11 Å². The van der Waals surface area contributed by atoms with Gasteiger partial charge in [0.05, 0.1) is 0 Å². The first-order valence-electron chi connectivity index (χ1n) is 3.92. The molecule has 0 aromatic carbocycles. The molecule has 0 fully saturated rings. The molecule has 0 saturated carbocycles. The van der Waals surface area contributed by atoms with Crippen molar-refractivity contribution >= 4 is 0 Å². The first-order valence-corrected chi connectivity index (χ1v) is 3.92. The predicted octanol–water partition coefficient (Wildman–Crippen LogP) is 1.85. The first kappa shape index (κ1) is 7.73. The van der Waals surface area contributed by atoms with E-state index in [1.807, 2.05) is 12.1 Å². The molecule has 13 heavy (non-hydrogen) atoms. The van der Waals surface area contributed by atoms with Crippen LogP contribution in [0, 0.1) is 0 Å². The van der Waals surface area contributed by atoms with Crippen LogP contribution >= 0.6 is 0 Å². The van der Waals surface area contributed by atoms with E-state index in [0.29, 0.717) is 5.56 Å².